The Morgan fingerprint density at radius 3 is 2.55 bits per heavy atom. The van der Waals surface area contributed by atoms with Gasteiger partial charge in [-0.05, 0) is 30.3 Å². The van der Waals surface area contributed by atoms with Crippen LogP contribution in [0.4, 0.5) is 13.2 Å². The van der Waals surface area contributed by atoms with Crippen molar-refractivity contribution in [1.29, 1.82) is 0 Å². The number of hydrogen-bond donors (Lipinski definition) is 1. The lowest BCUT2D eigenvalue weighted by molar-refractivity contribution is -0.133. The van der Waals surface area contributed by atoms with Crippen molar-refractivity contribution >= 4 is 17.7 Å². The smallest absolute Gasteiger partial charge is 0.313 e. The first kappa shape index (κ1) is 14.4. The Kier molecular flexibility index (Phi) is 4.33. The average Bonchev–Trinajstić information content (AvgIpc) is 2.81. The molecule has 1 heterocycles. The number of hydrogen-bond acceptors (Lipinski definition) is 3. The van der Waals surface area contributed by atoms with E-state index in [2.05, 4.69) is 5.10 Å². The second kappa shape index (κ2) is 6.00. The van der Waals surface area contributed by atoms with Gasteiger partial charge < -0.3 is 5.11 Å². The maximum absolute atomic E-state index is 12.9. The van der Waals surface area contributed by atoms with Gasteiger partial charge in [0.25, 0.3) is 6.43 Å². The average molecular weight is 302 g/mol. The standard InChI is InChI=1S/C12H9F3N2O2S/c13-7-1-3-8(4-2-7)17-10(20-6-11(18)19)5-9(16-17)12(14)15/h1-5,12H,6H2,(H,18,19). The van der Waals surface area contributed by atoms with E-state index >= 15 is 0 Å². The van der Waals surface area contributed by atoms with Crippen LogP contribution in [0.3, 0.4) is 0 Å². The SMILES string of the molecule is O=C(O)CSc1cc(C(F)F)nn1-c1ccc(F)cc1. The molecule has 4 nitrogen and oxygen atoms in total. The number of nitrogens with zero attached hydrogens (tertiary/aromatic N) is 2. The summed E-state index contributed by atoms with van der Waals surface area (Å²) in [7, 11) is 0. The number of rotatable bonds is 5. The number of benzene rings is 1. The zero-order chi connectivity index (χ0) is 14.7. The van der Waals surface area contributed by atoms with E-state index in [0.29, 0.717) is 5.69 Å². The molecule has 0 saturated carbocycles. The fourth-order valence-electron chi connectivity index (χ4n) is 1.49. The zero-order valence-corrected chi connectivity index (χ0v) is 10.8. The van der Waals surface area contributed by atoms with Crippen molar-refractivity contribution in [3.05, 3.63) is 41.8 Å². The highest BCUT2D eigenvalue weighted by Crippen LogP contribution is 2.27. The third kappa shape index (κ3) is 3.32. The maximum Gasteiger partial charge on any atom is 0.313 e. The van der Waals surface area contributed by atoms with E-state index in [0.717, 1.165) is 17.8 Å². The van der Waals surface area contributed by atoms with Crippen LogP contribution in [0.1, 0.15) is 12.1 Å². The molecule has 2 aromatic rings. The maximum atomic E-state index is 12.9. The molecular weight excluding hydrogens is 293 g/mol. The number of alkyl halides is 2. The van der Waals surface area contributed by atoms with Crippen LogP contribution in [-0.4, -0.2) is 26.6 Å². The molecule has 8 heteroatoms. The predicted octanol–water partition coefficient (Wildman–Crippen LogP) is 3.13. The Hall–Kier alpha value is -1.96. The lowest BCUT2D eigenvalue weighted by atomic mass is 10.3. The number of carboxylic acids is 1. The van der Waals surface area contributed by atoms with Gasteiger partial charge in [0.05, 0.1) is 11.4 Å². The molecule has 0 radical (unpaired) electrons. The van der Waals surface area contributed by atoms with E-state index in [-0.39, 0.29) is 10.8 Å². The largest absolute Gasteiger partial charge is 0.481 e. The molecule has 0 aliphatic carbocycles. The second-order valence-corrected chi connectivity index (χ2v) is 4.77. The van der Waals surface area contributed by atoms with Gasteiger partial charge in [-0.2, -0.15) is 5.10 Å². The third-order valence-corrected chi connectivity index (χ3v) is 3.31. The summed E-state index contributed by atoms with van der Waals surface area (Å²) < 4.78 is 39.4. The molecule has 0 bridgehead atoms. The van der Waals surface area contributed by atoms with E-state index in [1.165, 1.54) is 28.9 Å². The van der Waals surface area contributed by atoms with Gasteiger partial charge in [0, 0.05) is 0 Å². The van der Waals surface area contributed by atoms with E-state index in [4.69, 9.17) is 5.11 Å². The number of halogens is 3. The van der Waals surface area contributed by atoms with Crippen molar-refractivity contribution in [1.82, 2.24) is 9.78 Å². The van der Waals surface area contributed by atoms with Gasteiger partial charge in [0.1, 0.15) is 16.5 Å². The number of aliphatic carboxylic acids is 1. The summed E-state index contributed by atoms with van der Waals surface area (Å²) in [6.45, 7) is 0. The van der Waals surface area contributed by atoms with Gasteiger partial charge in [-0.15, -0.1) is 0 Å². The molecule has 106 valence electrons. The molecule has 0 unspecified atom stereocenters. The van der Waals surface area contributed by atoms with E-state index in [9.17, 15) is 18.0 Å². The molecule has 0 amide bonds. The quantitative estimate of drug-likeness (QED) is 0.862. The molecule has 0 fully saturated rings. The monoisotopic (exact) mass is 302 g/mol. The number of aromatic nitrogens is 2. The topological polar surface area (TPSA) is 55.1 Å². The molecule has 20 heavy (non-hydrogen) atoms. The minimum absolute atomic E-state index is 0.259. The van der Waals surface area contributed by atoms with Gasteiger partial charge >= 0.3 is 5.97 Å². The Labute approximate surface area is 116 Å². The van der Waals surface area contributed by atoms with Crippen LogP contribution in [0.25, 0.3) is 5.69 Å². The Morgan fingerprint density at radius 1 is 1.35 bits per heavy atom. The van der Waals surface area contributed by atoms with Crippen molar-refractivity contribution < 1.29 is 23.1 Å². The van der Waals surface area contributed by atoms with Crippen LogP contribution < -0.4 is 0 Å². The Balaban J connectivity index is 2.38. The molecule has 0 saturated heterocycles. The number of carbonyl (C=O) groups is 1. The van der Waals surface area contributed by atoms with Crippen molar-refractivity contribution in [2.24, 2.45) is 0 Å². The predicted molar refractivity (Wildman–Crippen MR) is 66.8 cm³/mol. The molecular formula is C12H9F3N2O2S. The van der Waals surface area contributed by atoms with E-state index < -0.39 is 23.9 Å². The fraction of sp³-hybridized carbons (Fsp3) is 0.167. The van der Waals surface area contributed by atoms with E-state index in [1.54, 1.807) is 0 Å². The molecule has 1 aromatic heterocycles. The zero-order valence-electron chi connectivity index (χ0n) is 9.96. The lowest BCUT2D eigenvalue weighted by Gasteiger charge is -2.05. The normalized spacial score (nSPS) is 11.0. The van der Waals surface area contributed by atoms with Crippen LogP contribution in [0, 0.1) is 5.82 Å². The molecule has 0 spiro atoms. The first-order valence-corrected chi connectivity index (χ1v) is 6.44. The summed E-state index contributed by atoms with van der Waals surface area (Å²) in [5.74, 6) is -1.81. The summed E-state index contributed by atoms with van der Waals surface area (Å²) in [6.07, 6.45) is -2.76. The summed E-state index contributed by atoms with van der Waals surface area (Å²) in [4.78, 5) is 10.6. The highest BCUT2D eigenvalue weighted by atomic mass is 32.2. The first-order chi connectivity index (χ1) is 9.47. The van der Waals surface area contributed by atoms with Crippen LogP contribution in [0.15, 0.2) is 35.4 Å². The molecule has 2 rings (SSSR count). The minimum Gasteiger partial charge on any atom is -0.481 e. The summed E-state index contributed by atoms with van der Waals surface area (Å²) in [5.41, 5.74) is -0.0756. The van der Waals surface area contributed by atoms with Crippen molar-refractivity contribution in [2.45, 2.75) is 11.5 Å². The van der Waals surface area contributed by atoms with Gasteiger partial charge in [-0.3, -0.25) is 4.79 Å². The summed E-state index contributed by atoms with van der Waals surface area (Å²) in [5, 5.41) is 12.6. The van der Waals surface area contributed by atoms with Gasteiger partial charge in [-0.1, -0.05) is 11.8 Å². The molecule has 0 aliphatic rings. The van der Waals surface area contributed by atoms with Gasteiger partial charge in [-0.25, -0.2) is 17.9 Å². The van der Waals surface area contributed by atoms with Crippen molar-refractivity contribution in [2.75, 3.05) is 5.75 Å². The van der Waals surface area contributed by atoms with E-state index in [1.807, 2.05) is 0 Å². The van der Waals surface area contributed by atoms with Crippen LogP contribution in [0.5, 0.6) is 0 Å². The molecule has 1 N–H and O–H groups in total. The fourth-order valence-corrected chi connectivity index (χ4v) is 2.24. The van der Waals surface area contributed by atoms with Crippen LogP contribution >= 0.6 is 11.8 Å². The minimum atomic E-state index is -2.76. The molecule has 0 atom stereocenters. The van der Waals surface area contributed by atoms with Crippen molar-refractivity contribution in [3.8, 4) is 5.69 Å². The van der Waals surface area contributed by atoms with Crippen LogP contribution in [-0.2, 0) is 4.79 Å². The number of thioether (sulfide) groups is 1. The highest BCUT2D eigenvalue weighted by Gasteiger charge is 2.17. The highest BCUT2D eigenvalue weighted by molar-refractivity contribution is 7.99. The molecule has 1 aromatic carbocycles. The Morgan fingerprint density at radius 2 is 2.00 bits per heavy atom. The van der Waals surface area contributed by atoms with Crippen molar-refractivity contribution in [3.63, 3.8) is 0 Å². The molecule has 0 aliphatic heterocycles. The second-order valence-electron chi connectivity index (χ2n) is 3.78. The lowest BCUT2D eigenvalue weighted by Crippen LogP contribution is -2.02. The number of carboxylic acid groups (broad SMARTS) is 1. The van der Waals surface area contributed by atoms with Gasteiger partial charge in [0.2, 0.25) is 0 Å². The summed E-state index contributed by atoms with van der Waals surface area (Å²) >= 11 is 0.866. The first-order valence-electron chi connectivity index (χ1n) is 5.46. The summed E-state index contributed by atoms with van der Waals surface area (Å²) in [6, 6.07) is 6.22. The van der Waals surface area contributed by atoms with Crippen LogP contribution in [0.2, 0.25) is 0 Å². The van der Waals surface area contributed by atoms with Gasteiger partial charge in [0.15, 0.2) is 0 Å². The third-order valence-electron chi connectivity index (χ3n) is 2.33. The Bertz CT molecular complexity index is 614.